The standard InChI is InChI=1S/C59H115NO3/c1-3-5-7-9-11-13-15-17-19-20-21-22-23-24-25-26-27-28-29-30-31-32-33-34-35-36-37-38-39-40-41-43-45-47-49-51-53-55-59(63)60-57(56-61)58(62)54-52-50-48-46-44-42-18-16-14-12-10-8-6-4-2/h25-26,28-29,57-58,61-62H,3-24,27,30-56H2,1-2H3,(H,60,63)/b26-25-,29-28-. The van der Waals surface area contributed by atoms with Crippen LogP contribution in [0.2, 0.25) is 0 Å². The molecular weight excluding hydrogens is 771 g/mol. The normalized spacial score (nSPS) is 12.9. The SMILES string of the molecule is CCCCCCCCCCCCCCC/C=C\C/C=C\CCCCCCCCCCCCCCCCCCCC(=O)NC(CO)C(O)CCCCCCCCCCCCCCCC. The highest BCUT2D eigenvalue weighted by Crippen LogP contribution is 2.18. The maximum atomic E-state index is 12.5. The maximum absolute atomic E-state index is 12.5. The molecule has 0 aliphatic carbocycles. The molecule has 4 nitrogen and oxygen atoms in total. The zero-order valence-electron chi connectivity index (χ0n) is 43.1. The van der Waals surface area contributed by atoms with Crippen LogP contribution in [0.25, 0.3) is 0 Å². The first-order chi connectivity index (χ1) is 31.2. The smallest absolute Gasteiger partial charge is 0.220 e. The Labute approximate surface area is 396 Å². The summed E-state index contributed by atoms with van der Waals surface area (Å²) >= 11 is 0. The molecule has 0 spiro atoms. The number of amides is 1. The molecule has 0 aromatic carbocycles. The molecule has 0 saturated heterocycles. The molecular formula is C59H115NO3. The molecule has 0 radical (unpaired) electrons. The number of aliphatic hydroxyl groups is 2. The monoisotopic (exact) mass is 886 g/mol. The Bertz CT molecular complexity index is 916. The zero-order valence-corrected chi connectivity index (χ0v) is 43.1. The number of hydrogen-bond donors (Lipinski definition) is 3. The van der Waals surface area contributed by atoms with Crippen LogP contribution in [0.15, 0.2) is 24.3 Å². The van der Waals surface area contributed by atoms with Gasteiger partial charge in [0.2, 0.25) is 5.91 Å². The van der Waals surface area contributed by atoms with Crippen molar-refractivity contribution in [2.24, 2.45) is 0 Å². The van der Waals surface area contributed by atoms with E-state index in [4.69, 9.17) is 0 Å². The van der Waals surface area contributed by atoms with E-state index in [2.05, 4.69) is 43.5 Å². The molecule has 0 aliphatic heterocycles. The first-order valence-electron chi connectivity index (χ1n) is 29.0. The van der Waals surface area contributed by atoms with Crippen molar-refractivity contribution in [1.29, 1.82) is 0 Å². The van der Waals surface area contributed by atoms with Gasteiger partial charge in [0.1, 0.15) is 0 Å². The highest BCUT2D eigenvalue weighted by molar-refractivity contribution is 5.76. The Morgan fingerprint density at radius 2 is 0.651 bits per heavy atom. The van der Waals surface area contributed by atoms with Crippen LogP contribution in [-0.4, -0.2) is 34.9 Å². The number of allylic oxidation sites excluding steroid dienone is 4. The second-order valence-electron chi connectivity index (χ2n) is 20.1. The molecule has 0 bridgehead atoms. The fourth-order valence-corrected chi connectivity index (χ4v) is 9.28. The highest BCUT2D eigenvalue weighted by Gasteiger charge is 2.20. The Morgan fingerprint density at radius 1 is 0.381 bits per heavy atom. The summed E-state index contributed by atoms with van der Waals surface area (Å²) in [5.41, 5.74) is 0. The highest BCUT2D eigenvalue weighted by atomic mass is 16.3. The summed E-state index contributed by atoms with van der Waals surface area (Å²) < 4.78 is 0. The Morgan fingerprint density at radius 3 is 0.952 bits per heavy atom. The molecule has 0 fully saturated rings. The van der Waals surface area contributed by atoms with Crippen LogP contribution in [0.5, 0.6) is 0 Å². The molecule has 0 heterocycles. The summed E-state index contributed by atoms with van der Waals surface area (Å²) in [7, 11) is 0. The van der Waals surface area contributed by atoms with Gasteiger partial charge in [-0.3, -0.25) is 4.79 Å². The molecule has 374 valence electrons. The third kappa shape index (κ3) is 51.7. The lowest BCUT2D eigenvalue weighted by molar-refractivity contribution is -0.123. The predicted molar refractivity (Wildman–Crippen MR) is 281 cm³/mol. The summed E-state index contributed by atoms with van der Waals surface area (Å²) in [5, 5.41) is 23.3. The van der Waals surface area contributed by atoms with Gasteiger partial charge in [-0.1, -0.05) is 301 Å². The van der Waals surface area contributed by atoms with E-state index < -0.39 is 12.1 Å². The molecule has 4 heteroatoms. The Kier molecular flexibility index (Phi) is 54.2. The van der Waals surface area contributed by atoms with E-state index in [0.29, 0.717) is 12.8 Å². The van der Waals surface area contributed by atoms with Crippen LogP contribution >= 0.6 is 0 Å². The van der Waals surface area contributed by atoms with E-state index in [1.165, 1.54) is 270 Å². The Hall–Kier alpha value is -1.13. The lowest BCUT2D eigenvalue weighted by atomic mass is 10.0. The molecule has 0 rings (SSSR count). The van der Waals surface area contributed by atoms with Gasteiger partial charge >= 0.3 is 0 Å². The van der Waals surface area contributed by atoms with Crippen molar-refractivity contribution in [3.63, 3.8) is 0 Å². The van der Waals surface area contributed by atoms with E-state index in [-0.39, 0.29) is 12.5 Å². The number of aliphatic hydroxyl groups excluding tert-OH is 2. The number of carbonyl (C=O) groups excluding carboxylic acids is 1. The summed E-state index contributed by atoms with van der Waals surface area (Å²) in [5.74, 6) is -0.0266. The van der Waals surface area contributed by atoms with Gasteiger partial charge in [0.15, 0.2) is 0 Å². The van der Waals surface area contributed by atoms with Crippen molar-refractivity contribution < 1.29 is 15.0 Å². The first-order valence-corrected chi connectivity index (χ1v) is 29.0. The van der Waals surface area contributed by atoms with Gasteiger partial charge in [-0.05, 0) is 44.9 Å². The van der Waals surface area contributed by atoms with E-state index in [0.717, 1.165) is 32.1 Å². The predicted octanol–water partition coefficient (Wildman–Crippen LogP) is 19.1. The van der Waals surface area contributed by atoms with E-state index >= 15 is 0 Å². The van der Waals surface area contributed by atoms with Gasteiger partial charge in [0.25, 0.3) is 0 Å². The van der Waals surface area contributed by atoms with E-state index in [1.807, 2.05) is 0 Å². The van der Waals surface area contributed by atoms with Crippen LogP contribution in [0.1, 0.15) is 328 Å². The van der Waals surface area contributed by atoms with Gasteiger partial charge in [0, 0.05) is 6.42 Å². The first kappa shape index (κ1) is 61.9. The second-order valence-corrected chi connectivity index (χ2v) is 20.1. The molecule has 0 saturated carbocycles. The summed E-state index contributed by atoms with van der Waals surface area (Å²) in [6.45, 7) is 4.39. The van der Waals surface area contributed by atoms with Crippen molar-refractivity contribution in [2.45, 2.75) is 341 Å². The number of rotatable bonds is 54. The molecule has 0 aromatic heterocycles. The molecule has 1 amide bonds. The van der Waals surface area contributed by atoms with Crippen LogP contribution in [-0.2, 0) is 4.79 Å². The topological polar surface area (TPSA) is 69.6 Å². The summed E-state index contributed by atoms with van der Waals surface area (Å²) in [6, 6.07) is -0.534. The van der Waals surface area contributed by atoms with Crippen molar-refractivity contribution in [2.75, 3.05) is 6.61 Å². The van der Waals surface area contributed by atoms with Gasteiger partial charge in [-0.25, -0.2) is 0 Å². The fourth-order valence-electron chi connectivity index (χ4n) is 9.28. The fraction of sp³-hybridized carbons (Fsp3) is 0.915. The van der Waals surface area contributed by atoms with Gasteiger partial charge in [0.05, 0.1) is 18.8 Å². The number of carbonyl (C=O) groups is 1. The van der Waals surface area contributed by atoms with Crippen molar-refractivity contribution in [3.8, 4) is 0 Å². The van der Waals surface area contributed by atoms with Crippen molar-refractivity contribution >= 4 is 5.91 Å². The van der Waals surface area contributed by atoms with Crippen LogP contribution in [0.3, 0.4) is 0 Å². The molecule has 0 aromatic rings. The van der Waals surface area contributed by atoms with E-state index in [1.54, 1.807) is 0 Å². The molecule has 63 heavy (non-hydrogen) atoms. The summed E-state index contributed by atoms with van der Waals surface area (Å²) in [4.78, 5) is 12.5. The van der Waals surface area contributed by atoms with Crippen LogP contribution in [0, 0.1) is 0 Å². The minimum Gasteiger partial charge on any atom is -0.394 e. The molecule has 2 unspecified atom stereocenters. The molecule has 0 aliphatic rings. The lowest BCUT2D eigenvalue weighted by Gasteiger charge is -2.22. The zero-order chi connectivity index (χ0) is 45.6. The molecule has 3 N–H and O–H groups in total. The quantitative estimate of drug-likeness (QED) is 0.0421. The minimum atomic E-state index is -0.657. The van der Waals surface area contributed by atoms with Crippen molar-refractivity contribution in [3.05, 3.63) is 24.3 Å². The number of unbranched alkanes of at least 4 members (excludes halogenated alkanes) is 43. The molecule has 2 atom stereocenters. The number of nitrogens with one attached hydrogen (secondary N) is 1. The average molecular weight is 887 g/mol. The van der Waals surface area contributed by atoms with Gasteiger partial charge in [-0.2, -0.15) is 0 Å². The number of hydrogen-bond acceptors (Lipinski definition) is 3. The third-order valence-electron chi connectivity index (χ3n) is 13.7. The van der Waals surface area contributed by atoms with Crippen LogP contribution in [0.4, 0.5) is 0 Å². The van der Waals surface area contributed by atoms with Crippen molar-refractivity contribution in [1.82, 2.24) is 5.32 Å². The lowest BCUT2D eigenvalue weighted by Crippen LogP contribution is -2.45. The third-order valence-corrected chi connectivity index (χ3v) is 13.7. The largest absolute Gasteiger partial charge is 0.394 e. The van der Waals surface area contributed by atoms with E-state index in [9.17, 15) is 15.0 Å². The second kappa shape index (κ2) is 55.2. The Balaban J connectivity index is 3.39. The minimum absolute atomic E-state index is 0.0266. The van der Waals surface area contributed by atoms with Crippen LogP contribution < -0.4 is 5.32 Å². The van der Waals surface area contributed by atoms with Gasteiger partial charge in [-0.15, -0.1) is 0 Å². The average Bonchev–Trinajstić information content (AvgIpc) is 3.29. The summed E-state index contributed by atoms with van der Waals surface area (Å²) in [6.07, 6.45) is 73.3. The maximum Gasteiger partial charge on any atom is 0.220 e. The van der Waals surface area contributed by atoms with Gasteiger partial charge < -0.3 is 15.5 Å².